The molecule has 1 amide bonds. The molecule has 0 aliphatic carbocycles. The molecule has 154 valence electrons. The summed E-state index contributed by atoms with van der Waals surface area (Å²) in [6, 6.07) is 17.7. The SMILES string of the molecule is CC[C@]12CCCN(C(=O)OCc3ccccc3)c3c1n(c1ccccc31)C(=O)CC2. The number of ether oxygens (including phenoxy) is 1. The molecular weight excluding hydrogens is 376 g/mol. The number of hydrogen-bond donors (Lipinski definition) is 0. The summed E-state index contributed by atoms with van der Waals surface area (Å²) in [6.07, 6.45) is 3.88. The molecule has 2 aromatic carbocycles. The van der Waals surface area contributed by atoms with Gasteiger partial charge in [-0.3, -0.25) is 14.3 Å². The van der Waals surface area contributed by atoms with Crippen LogP contribution in [-0.4, -0.2) is 23.1 Å². The van der Waals surface area contributed by atoms with E-state index in [1.54, 1.807) is 4.90 Å². The quantitative estimate of drug-likeness (QED) is 0.568. The van der Waals surface area contributed by atoms with Crippen molar-refractivity contribution >= 4 is 28.6 Å². The predicted molar refractivity (Wildman–Crippen MR) is 117 cm³/mol. The fourth-order valence-electron chi connectivity index (χ4n) is 5.25. The lowest BCUT2D eigenvalue weighted by Crippen LogP contribution is -2.37. The average Bonchev–Trinajstić information content (AvgIpc) is 3.04. The van der Waals surface area contributed by atoms with Gasteiger partial charge in [-0.05, 0) is 37.3 Å². The molecule has 0 bridgehead atoms. The van der Waals surface area contributed by atoms with Crippen LogP contribution in [0.5, 0.6) is 0 Å². The van der Waals surface area contributed by atoms with Crippen molar-refractivity contribution in [3.05, 3.63) is 65.9 Å². The van der Waals surface area contributed by atoms with Crippen molar-refractivity contribution in [1.82, 2.24) is 4.57 Å². The highest BCUT2D eigenvalue weighted by atomic mass is 16.6. The van der Waals surface area contributed by atoms with Gasteiger partial charge in [0.1, 0.15) is 6.61 Å². The zero-order valence-electron chi connectivity index (χ0n) is 17.3. The van der Waals surface area contributed by atoms with E-state index in [4.69, 9.17) is 4.74 Å². The largest absolute Gasteiger partial charge is 0.444 e. The molecule has 5 heteroatoms. The molecule has 0 N–H and O–H groups in total. The second-order valence-corrected chi connectivity index (χ2v) is 8.37. The third kappa shape index (κ3) is 2.83. The first-order valence-corrected chi connectivity index (χ1v) is 10.8. The molecule has 0 spiro atoms. The van der Waals surface area contributed by atoms with Crippen LogP contribution in [0.4, 0.5) is 10.5 Å². The van der Waals surface area contributed by atoms with E-state index in [1.165, 1.54) is 0 Å². The molecule has 5 nitrogen and oxygen atoms in total. The summed E-state index contributed by atoms with van der Waals surface area (Å²) in [7, 11) is 0. The van der Waals surface area contributed by atoms with Crippen molar-refractivity contribution < 1.29 is 14.3 Å². The molecule has 5 rings (SSSR count). The smallest absolute Gasteiger partial charge is 0.414 e. The fraction of sp³-hybridized carbons (Fsp3) is 0.360. The number of carbonyl (C=O) groups excluding carboxylic acids is 2. The number of carbonyl (C=O) groups is 2. The van der Waals surface area contributed by atoms with Crippen molar-refractivity contribution in [2.24, 2.45) is 0 Å². The molecule has 3 heterocycles. The Hall–Kier alpha value is -3.08. The lowest BCUT2D eigenvalue weighted by atomic mass is 9.72. The van der Waals surface area contributed by atoms with Crippen LogP contribution in [-0.2, 0) is 16.8 Å². The van der Waals surface area contributed by atoms with Crippen LogP contribution in [0.25, 0.3) is 10.9 Å². The van der Waals surface area contributed by atoms with Gasteiger partial charge in [-0.25, -0.2) is 4.79 Å². The van der Waals surface area contributed by atoms with Gasteiger partial charge >= 0.3 is 6.09 Å². The van der Waals surface area contributed by atoms with E-state index >= 15 is 0 Å². The highest BCUT2D eigenvalue weighted by Gasteiger charge is 2.45. The predicted octanol–water partition coefficient (Wildman–Crippen LogP) is 5.66. The number of fused-ring (bicyclic) bond motifs is 3. The van der Waals surface area contributed by atoms with Crippen molar-refractivity contribution in [3.63, 3.8) is 0 Å². The van der Waals surface area contributed by atoms with Gasteiger partial charge in [0, 0.05) is 23.8 Å². The summed E-state index contributed by atoms with van der Waals surface area (Å²) in [5.74, 6) is 0.121. The molecule has 0 radical (unpaired) electrons. The number of para-hydroxylation sites is 1. The Kier molecular flexibility index (Phi) is 4.61. The maximum absolute atomic E-state index is 13.2. The van der Waals surface area contributed by atoms with E-state index in [9.17, 15) is 9.59 Å². The maximum atomic E-state index is 13.2. The first-order valence-electron chi connectivity index (χ1n) is 10.8. The van der Waals surface area contributed by atoms with E-state index in [0.29, 0.717) is 13.0 Å². The normalized spacial score (nSPS) is 20.7. The number of hydrogen-bond acceptors (Lipinski definition) is 3. The fourth-order valence-corrected chi connectivity index (χ4v) is 5.25. The van der Waals surface area contributed by atoms with Gasteiger partial charge < -0.3 is 4.74 Å². The number of amides is 1. The van der Waals surface area contributed by atoms with Gasteiger partial charge in [-0.15, -0.1) is 0 Å². The summed E-state index contributed by atoms with van der Waals surface area (Å²) in [6.45, 7) is 3.04. The Labute approximate surface area is 176 Å². The van der Waals surface area contributed by atoms with Gasteiger partial charge in [-0.2, -0.15) is 0 Å². The summed E-state index contributed by atoms with van der Waals surface area (Å²) in [4.78, 5) is 28.0. The van der Waals surface area contributed by atoms with Crippen molar-refractivity contribution in [3.8, 4) is 0 Å². The van der Waals surface area contributed by atoms with Gasteiger partial charge in [0.25, 0.3) is 0 Å². The van der Waals surface area contributed by atoms with Crippen LogP contribution in [0, 0.1) is 0 Å². The Bertz CT molecular complexity index is 1120. The molecule has 30 heavy (non-hydrogen) atoms. The first kappa shape index (κ1) is 18.9. The van der Waals surface area contributed by atoms with E-state index in [0.717, 1.165) is 53.5 Å². The number of rotatable bonds is 3. The van der Waals surface area contributed by atoms with Crippen LogP contribution in [0.1, 0.15) is 55.1 Å². The summed E-state index contributed by atoms with van der Waals surface area (Å²) in [5.41, 5.74) is 3.67. The van der Waals surface area contributed by atoms with Crippen LogP contribution in [0.3, 0.4) is 0 Å². The third-order valence-corrected chi connectivity index (χ3v) is 6.83. The number of anilines is 1. The minimum atomic E-state index is -0.345. The molecule has 3 aromatic rings. The van der Waals surface area contributed by atoms with Crippen LogP contribution < -0.4 is 4.90 Å². The zero-order valence-corrected chi connectivity index (χ0v) is 17.3. The highest BCUT2D eigenvalue weighted by Crippen LogP contribution is 2.51. The lowest BCUT2D eigenvalue weighted by Gasteiger charge is -2.37. The molecular formula is C25H26N2O3. The summed E-state index contributed by atoms with van der Waals surface area (Å²) >= 11 is 0. The van der Waals surface area contributed by atoms with Crippen molar-refractivity contribution in [2.45, 2.75) is 51.0 Å². The Morgan fingerprint density at radius 2 is 1.83 bits per heavy atom. The molecule has 0 unspecified atom stereocenters. The lowest BCUT2D eigenvalue weighted by molar-refractivity contribution is 0.0851. The number of nitrogens with zero attached hydrogens (tertiary/aromatic N) is 2. The summed E-state index contributed by atoms with van der Waals surface area (Å²) < 4.78 is 7.60. The van der Waals surface area contributed by atoms with Crippen molar-refractivity contribution in [1.29, 1.82) is 0 Å². The minimum absolute atomic E-state index is 0.0727. The second-order valence-electron chi connectivity index (χ2n) is 8.37. The summed E-state index contributed by atoms with van der Waals surface area (Å²) in [5, 5.41) is 0.958. The Balaban J connectivity index is 1.62. The molecule has 2 aliphatic heterocycles. The Morgan fingerprint density at radius 3 is 2.63 bits per heavy atom. The standard InChI is InChI=1S/C25H26N2O3/c1-2-25-14-8-16-26(24(29)30-17-18-9-4-3-5-10-18)22-19-11-6-7-12-20(19)27(23(22)25)21(28)13-15-25/h3-7,9-12H,2,8,13-17H2,1H3/t25-/m1/s1. The molecule has 1 atom stereocenters. The third-order valence-electron chi connectivity index (χ3n) is 6.83. The second kappa shape index (κ2) is 7.31. The molecule has 0 saturated heterocycles. The molecule has 2 aliphatic rings. The minimum Gasteiger partial charge on any atom is -0.444 e. The topological polar surface area (TPSA) is 51.5 Å². The van der Waals surface area contributed by atoms with E-state index < -0.39 is 0 Å². The first-order chi connectivity index (χ1) is 14.6. The maximum Gasteiger partial charge on any atom is 0.414 e. The molecule has 1 aromatic heterocycles. The number of benzene rings is 2. The van der Waals surface area contributed by atoms with Crippen LogP contribution in [0.2, 0.25) is 0 Å². The Morgan fingerprint density at radius 1 is 1.07 bits per heavy atom. The van der Waals surface area contributed by atoms with Crippen molar-refractivity contribution in [2.75, 3.05) is 11.4 Å². The molecule has 0 saturated carbocycles. The number of aromatic nitrogens is 1. The zero-order chi connectivity index (χ0) is 20.7. The molecule has 0 fully saturated rings. The van der Waals surface area contributed by atoms with Gasteiger partial charge in [0.05, 0.1) is 16.9 Å². The highest BCUT2D eigenvalue weighted by molar-refractivity contribution is 6.08. The van der Waals surface area contributed by atoms with E-state index in [2.05, 4.69) is 6.92 Å². The van der Waals surface area contributed by atoms with Gasteiger partial charge in [0.2, 0.25) is 5.91 Å². The average molecular weight is 402 g/mol. The van der Waals surface area contributed by atoms with E-state index in [-0.39, 0.29) is 24.0 Å². The van der Waals surface area contributed by atoms with Crippen LogP contribution >= 0.6 is 0 Å². The van der Waals surface area contributed by atoms with Gasteiger partial charge in [0.15, 0.2) is 0 Å². The van der Waals surface area contributed by atoms with Gasteiger partial charge in [-0.1, -0.05) is 55.5 Å². The van der Waals surface area contributed by atoms with Crippen LogP contribution in [0.15, 0.2) is 54.6 Å². The monoisotopic (exact) mass is 402 g/mol. The van der Waals surface area contributed by atoms with E-state index in [1.807, 2.05) is 59.2 Å².